The number of nitrogens with one attached hydrogen (secondary N) is 2. The Hall–Kier alpha value is -1.60. The maximum absolute atomic E-state index is 13.0. The van der Waals surface area contributed by atoms with Crippen LogP contribution in [0, 0.1) is 0 Å². The fraction of sp³-hybridized carbons (Fsp3) is 0.417. The summed E-state index contributed by atoms with van der Waals surface area (Å²) in [5.41, 5.74) is 0.847. The van der Waals surface area contributed by atoms with Gasteiger partial charge in [0.1, 0.15) is 17.1 Å². The minimum atomic E-state index is -1.24. The normalized spacial score (nSPS) is 25.5. The van der Waals surface area contributed by atoms with E-state index in [0.717, 1.165) is 31.3 Å². The molecule has 0 saturated carbocycles. The van der Waals surface area contributed by atoms with Gasteiger partial charge in [-0.3, -0.25) is 19.3 Å². The maximum atomic E-state index is 13.0. The summed E-state index contributed by atoms with van der Waals surface area (Å²) < 4.78 is 0. The van der Waals surface area contributed by atoms with Crippen LogP contribution in [0.2, 0.25) is 15.1 Å². The van der Waals surface area contributed by atoms with Gasteiger partial charge in [-0.1, -0.05) is 34.8 Å². The van der Waals surface area contributed by atoms with Crippen molar-refractivity contribution in [2.24, 2.45) is 0 Å². The number of carboxylic acid groups (broad SMARTS) is 1. The van der Waals surface area contributed by atoms with E-state index >= 15 is 0 Å². The van der Waals surface area contributed by atoms with Crippen molar-refractivity contribution in [3.05, 3.63) is 50.1 Å². The van der Waals surface area contributed by atoms with Crippen LogP contribution in [0.3, 0.4) is 0 Å². The number of nitrogens with zero attached hydrogens (tertiary/aromatic N) is 2. The second-order valence-electron chi connectivity index (χ2n) is 9.18. The third-order valence-electron chi connectivity index (χ3n) is 6.83. The molecule has 0 aliphatic carbocycles. The van der Waals surface area contributed by atoms with Gasteiger partial charge in [0.05, 0.1) is 20.8 Å². The van der Waals surface area contributed by atoms with E-state index in [2.05, 4.69) is 10.6 Å². The molecule has 3 N–H and O–H groups in total. The minimum absolute atomic E-state index is 0. The molecule has 4 heterocycles. The van der Waals surface area contributed by atoms with Crippen molar-refractivity contribution >= 4 is 94.4 Å². The molecule has 0 unspecified atom stereocenters. The second-order valence-corrected chi connectivity index (χ2v) is 12.5. The van der Waals surface area contributed by atoms with Gasteiger partial charge in [0.15, 0.2) is 0 Å². The standard InChI is InChI=1S/C24H23Cl3N4O5S2.ClH/c25-14-6-16(27)17(7-15(14)26)37-10-18(32)29-19-22(34)31-20(24(35)36)12(9-38-23(19)31)5-11-2-4-30(21(11)33)13-1-3-28-8-13;/h5-7,13,19,23,28H,1-4,8-10H2,(H,29,32)(H,35,36);1H/b11-5+;/t13-,19+,23+;/m0./s1. The Morgan fingerprint density at radius 3 is 2.64 bits per heavy atom. The number of likely N-dealkylation sites (tertiary alicyclic amines) is 1. The molecule has 0 aromatic heterocycles. The molecule has 3 amide bonds. The van der Waals surface area contributed by atoms with Gasteiger partial charge in [0.2, 0.25) is 11.8 Å². The number of carboxylic acids is 1. The Morgan fingerprint density at radius 1 is 1.21 bits per heavy atom. The number of carbonyl (C=O) groups excluding carboxylic acids is 3. The summed E-state index contributed by atoms with van der Waals surface area (Å²) in [6.07, 6.45) is 3.06. The SMILES string of the molecule is Cl.O=C(CSc1cc(Cl)c(Cl)cc1Cl)N[C@@H]1C(=O)N2C(C(=O)O)=C(/C=C3\CCN([C@H]4CCNC4)C3=O)CS[C@H]12. The molecule has 3 saturated heterocycles. The highest BCUT2D eigenvalue weighted by Gasteiger charge is 2.54. The highest BCUT2D eigenvalue weighted by Crippen LogP contribution is 2.41. The fourth-order valence-corrected chi connectivity index (χ4v) is 7.81. The van der Waals surface area contributed by atoms with Gasteiger partial charge in [-0.25, -0.2) is 4.79 Å². The Morgan fingerprint density at radius 2 is 1.95 bits per heavy atom. The van der Waals surface area contributed by atoms with Crippen molar-refractivity contribution in [2.45, 2.75) is 35.2 Å². The zero-order valence-electron chi connectivity index (χ0n) is 20.2. The van der Waals surface area contributed by atoms with Gasteiger partial charge in [-0.05, 0) is 43.2 Å². The van der Waals surface area contributed by atoms with Crippen LogP contribution in [-0.4, -0.2) is 87.2 Å². The number of thioether (sulfide) groups is 2. The Balaban J connectivity index is 0.00000353. The number of β-lactam (4-membered cyclic amide) rings is 1. The van der Waals surface area contributed by atoms with Crippen LogP contribution < -0.4 is 10.6 Å². The lowest BCUT2D eigenvalue weighted by atomic mass is 10.0. The van der Waals surface area contributed by atoms with E-state index in [9.17, 15) is 24.3 Å². The number of amides is 3. The molecule has 9 nitrogen and oxygen atoms in total. The third kappa shape index (κ3) is 6.05. The lowest BCUT2D eigenvalue weighted by Gasteiger charge is -2.49. The number of fused-ring (bicyclic) bond motifs is 1. The molecule has 5 rings (SSSR count). The Labute approximate surface area is 254 Å². The fourth-order valence-electron chi connectivity index (χ4n) is 4.96. The number of hydrogen-bond acceptors (Lipinski definition) is 7. The van der Waals surface area contributed by atoms with Crippen LogP contribution >= 0.6 is 70.7 Å². The zero-order chi connectivity index (χ0) is 27.1. The molecule has 210 valence electrons. The smallest absolute Gasteiger partial charge is 0.352 e. The number of halogens is 4. The van der Waals surface area contributed by atoms with Crippen molar-refractivity contribution in [3.8, 4) is 0 Å². The first-order chi connectivity index (χ1) is 18.2. The van der Waals surface area contributed by atoms with Gasteiger partial charge in [0.25, 0.3) is 5.91 Å². The number of allylic oxidation sites excluding steroid dienone is 1. The van der Waals surface area contributed by atoms with Gasteiger partial charge in [-0.15, -0.1) is 35.9 Å². The summed E-state index contributed by atoms with van der Waals surface area (Å²) in [5.74, 6) is -1.94. The van der Waals surface area contributed by atoms with Crippen LogP contribution in [0.15, 0.2) is 39.9 Å². The van der Waals surface area contributed by atoms with Crippen LogP contribution in [-0.2, 0) is 19.2 Å². The van der Waals surface area contributed by atoms with Crippen molar-refractivity contribution < 1.29 is 24.3 Å². The molecule has 1 aromatic rings. The molecule has 15 heteroatoms. The van der Waals surface area contributed by atoms with Gasteiger partial charge in [-0.2, -0.15) is 0 Å². The van der Waals surface area contributed by atoms with Crippen molar-refractivity contribution in [1.29, 1.82) is 0 Å². The summed E-state index contributed by atoms with van der Waals surface area (Å²) in [4.78, 5) is 54.3. The Kier molecular flexibility index (Phi) is 9.73. The van der Waals surface area contributed by atoms with Crippen LogP contribution in [0.1, 0.15) is 12.8 Å². The monoisotopic (exact) mass is 652 g/mol. The molecule has 0 spiro atoms. The van der Waals surface area contributed by atoms with Gasteiger partial charge < -0.3 is 20.6 Å². The summed E-state index contributed by atoms with van der Waals surface area (Å²) >= 11 is 20.6. The van der Waals surface area contributed by atoms with E-state index in [4.69, 9.17) is 34.8 Å². The second kappa shape index (κ2) is 12.5. The van der Waals surface area contributed by atoms with E-state index in [1.165, 1.54) is 22.7 Å². The average molecular weight is 654 g/mol. The van der Waals surface area contributed by atoms with Gasteiger partial charge >= 0.3 is 5.97 Å². The summed E-state index contributed by atoms with van der Waals surface area (Å²) in [6.45, 7) is 2.23. The van der Waals surface area contributed by atoms with Crippen LogP contribution in [0.4, 0.5) is 0 Å². The van der Waals surface area contributed by atoms with E-state index in [0.29, 0.717) is 49.8 Å². The first-order valence-corrected chi connectivity index (χ1v) is 15.0. The molecule has 0 radical (unpaired) electrons. The van der Waals surface area contributed by atoms with E-state index in [1.54, 1.807) is 12.1 Å². The van der Waals surface area contributed by atoms with Crippen LogP contribution in [0.25, 0.3) is 0 Å². The largest absolute Gasteiger partial charge is 0.477 e. The molecule has 4 aliphatic heterocycles. The van der Waals surface area contributed by atoms with Crippen molar-refractivity contribution in [1.82, 2.24) is 20.4 Å². The molecule has 3 fully saturated rings. The number of aliphatic carboxylic acids is 1. The molecule has 3 atom stereocenters. The number of hydrogen-bond donors (Lipinski definition) is 3. The van der Waals surface area contributed by atoms with Crippen LogP contribution in [0.5, 0.6) is 0 Å². The molecule has 39 heavy (non-hydrogen) atoms. The first kappa shape index (κ1) is 30.4. The van der Waals surface area contributed by atoms with Gasteiger partial charge in [0, 0.05) is 35.4 Å². The molecule has 0 bridgehead atoms. The quantitative estimate of drug-likeness (QED) is 0.177. The van der Waals surface area contributed by atoms with E-state index in [1.807, 2.05) is 4.90 Å². The van der Waals surface area contributed by atoms with Crippen molar-refractivity contribution in [2.75, 3.05) is 31.1 Å². The highest BCUT2D eigenvalue weighted by atomic mass is 35.5. The van der Waals surface area contributed by atoms with Crippen molar-refractivity contribution in [3.63, 3.8) is 0 Å². The highest BCUT2D eigenvalue weighted by molar-refractivity contribution is 8.00. The lowest BCUT2D eigenvalue weighted by molar-refractivity contribution is -0.150. The predicted molar refractivity (Wildman–Crippen MR) is 155 cm³/mol. The maximum Gasteiger partial charge on any atom is 0.352 e. The number of carbonyl (C=O) groups is 4. The topological polar surface area (TPSA) is 119 Å². The third-order valence-corrected chi connectivity index (χ3v) is 10.3. The summed E-state index contributed by atoms with van der Waals surface area (Å²) in [6, 6.07) is 2.36. The average Bonchev–Trinajstić information content (AvgIpc) is 3.53. The number of benzene rings is 1. The lowest BCUT2D eigenvalue weighted by Crippen LogP contribution is -2.70. The molecular weight excluding hydrogens is 630 g/mol. The predicted octanol–water partition coefficient (Wildman–Crippen LogP) is 3.42. The molecular formula is C24H24Cl4N4O5S2. The molecule has 1 aromatic carbocycles. The summed E-state index contributed by atoms with van der Waals surface area (Å²) in [7, 11) is 0. The molecule has 4 aliphatic rings. The first-order valence-electron chi connectivity index (χ1n) is 11.9. The number of rotatable bonds is 7. The minimum Gasteiger partial charge on any atom is -0.477 e. The van der Waals surface area contributed by atoms with E-state index in [-0.39, 0.29) is 35.8 Å². The van der Waals surface area contributed by atoms with E-state index < -0.39 is 29.2 Å². The Bertz CT molecular complexity index is 1290. The summed E-state index contributed by atoms with van der Waals surface area (Å²) in [5, 5.41) is 16.3. The zero-order valence-corrected chi connectivity index (χ0v) is 25.0.